The van der Waals surface area contributed by atoms with Crippen LogP contribution in [0, 0.1) is 0 Å². The molecule has 0 radical (unpaired) electrons. The molecule has 1 aromatic rings. The molecule has 0 saturated carbocycles. The fraction of sp³-hybridized carbons (Fsp3) is 0.897. The second kappa shape index (κ2) is 21.1. The zero-order valence-electron chi connectivity index (χ0n) is 21.8. The van der Waals surface area contributed by atoms with Crippen molar-refractivity contribution < 1.29 is 4.57 Å². The number of aromatic nitrogens is 2. The molecule has 0 aromatic carbocycles. The number of hydrogen-bond acceptors (Lipinski definition) is 0. The van der Waals surface area contributed by atoms with Crippen LogP contribution in [0.2, 0.25) is 0 Å². The second-order valence-electron chi connectivity index (χ2n) is 9.86. The van der Waals surface area contributed by atoms with Gasteiger partial charge in [-0.1, -0.05) is 124 Å². The fourth-order valence-corrected chi connectivity index (χ4v) is 4.78. The van der Waals surface area contributed by atoms with E-state index in [0.717, 1.165) is 0 Å². The van der Waals surface area contributed by atoms with Crippen molar-refractivity contribution in [3.05, 3.63) is 18.2 Å². The Morgan fingerprint density at radius 3 is 1.45 bits per heavy atom. The summed E-state index contributed by atoms with van der Waals surface area (Å²) >= 11 is 0. The first-order valence-electron chi connectivity index (χ1n) is 14.4. The SMILES string of the molecule is CCCCCCCCCCCCCCCCCCCn1cc[n+](CCC)c1CCCC. The molecule has 0 aliphatic rings. The molecule has 182 valence electrons. The molecule has 2 nitrogen and oxygen atoms in total. The Labute approximate surface area is 196 Å². The van der Waals surface area contributed by atoms with Crippen LogP contribution < -0.4 is 4.57 Å². The van der Waals surface area contributed by atoms with Crippen molar-refractivity contribution in [1.29, 1.82) is 0 Å². The van der Waals surface area contributed by atoms with Crippen LogP contribution in [0.1, 0.15) is 155 Å². The van der Waals surface area contributed by atoms with Gasteiger partial charge in [0.25, 0.3) is 5.82 Å². The van der Waals surface area contributed by atoms with E-state index in [1.165, 1.54) is 148 Å². The van der Waals surface area contributed by atoms with Crippen molar-refractivity contribution in [3.8, 4) is 0 Å². The summed E-state index contributed by atoms with van der Waals surface area (Å²) in [5, 5.41) is 0. The van der Waals surface area contributed by atoms with Gasteiger partial charge in [0.05, 0.1) is 13.1 Å². The molecule has 1 aromatic heterocycles. The summed E-state index contributed by atoms with van der Waals surface area (Å²) in [6.45, 7) is 9.27. The van der Waals surface area contributed by atoms with E-state index >= 15 is 0 Å². The zero-order valence-corrected chi connectivity index (χ0v) is 21.8. The lowest BCUT2D eigenvalue weighted by molar-refractivity contribution is -0.703. The standard InChI is InChI=1S/C29H57N2/c1-4-7-9-10-11-12-13-14-15-16-17-18-19-20-21-22-23-26-31-28-27-30(25-6-3)29(31)24-8-5-2/h27-28H,4-26H2,1-3H3/q+1. The lowest BCUT2D eigenvalue weighted by atomic mass is 10.0. The summed E-state index contributed by atoms with van der Waals surface area (Å²) in [7, 11) is 0. The summed E-state index contributed by atoms with van der Waals surface area (Å²) in [6, 6.07) is 0. The molecule has 1 heterocycles. The number of hydrogen-bond donors (Lipinski definition) is 0. The van der Waals surface area contributed by atoms with Crippen LogP contribution in [0.5, 0.6) is 0 Å². The smallest absolute Gasteiger partial charge is 0.234 e. The maximum Gasteiger partial charge on any atom is 0.256 e. The predicted molar refractivity (Wildman–Crippen MR) is 138 cm³/mol. The molecule has 0 N–H and O–H groups in total. The van der Waals surface area contributed by atoms with Gasteiger partial charge in [0.1, 0.15) is 12.4 Å². The third-order valence-corrected chi connectivity index (χ3v) is 6.81. The molecule has 0 bridgehead atoms. The third-order valence-electron chi connectivity index (χ3n) is 6.81. The second-order valence-corrected chi connectivity index (χ2v) is 9.86. The van der Waals surface area contributed by atoms with Crippen molar-refractivity contribution in [2.24, 2.45) is 0 Å². The zero-order chi connectivity index (χ0) is 22.4. The highest BCUT2D eigenvalue weighted by molar-refractivity contribution is 4.84. The summed E-state index contributed by atoms with van der Waals surface area (Å²) in [6.07, 6.45) is 34.3. The van der Waals surface area contributed by atoms with E-state index in [2.05, 4.69) is 42.3 Å². The van der Waals surface area contributed by atoms with Gasteiger partial charge < -0.3 is 0 Å². The van der Waals surface area contributed by atoms with Crippen LogP contribution in [0.4, 0.5) is 0 Å². The Hall–Kier alpha value is -0.790. The van der Waals surface area contributed by atoms with Gasteiger partial charge in [-0.25, -0.2) is 9.13 Å². The Morgan fingerprint density at radius 2 is 1.00 bits per heavy atom. The molecule has 0 unspecified atom stereocenters. The largest absolute Gasteiger partial charge is 0.256 e. The van der Waals surface area contributed by atoms with Crippen molar-refractivity contribution in [2.45, 2.75) is 169 Å². The molecule has 31 heavy (non-hydrogen) atoms. The van der Waals surface area contributed by atoms with Gasteiger partial charge in [-0.05, 0) is 25.7 Å². The van der Waals surface area contributed by atoms with Crippen LogP contribution in [-0.4, -0.2) is 4.57 Å². The lowest BCUT2D eigenvalue weighted by Crippen LogP contribution is -2.37. The Bertz CT molecular complexity index is 491. The summed E-state index contributed by atoms with van der Waals surface area (Å²) < 4.78 is 5.03. The maximum absolute atomic E-state index is 2.54. The molecule has 0 amide bonds. The van der Waals surface area contributed by atoms with E-state index in [9.17, 15) is 0 Å². The Morgan fingerprint density at radius 1 is 0.548 bits per heavy atom. The molecule has 0 atom stereocenters. The summed E-state index contributed by atoms with van der Waals surface area (Å²) in [5.41, 5.74) is 0. The van der Waals surface area contributed by atoms with E-state index in [1.54, 1.807) is 5.82 Å². The number of unbranched alkanes of at least 4 members (excludes halogenated alkanes) is 17. The number of rotatable bonds is 23. The molecule has 0 spiro atoms. The summed E-state index contributed by atoms with van der Waals surface area (Å²) in [5.74, 6) is 1.56. The first-order chi connectivity index (χ1) is 15.3. The number of aryl methyl sites for hydroxylation is 2. The normalized spacial score (nSPS) is 11.5. The quantitative estimate of drug-likeness (QED) is 0.120. The average Bonchev–Trinajstić information content (AvgIpc) is 3.16. The molecule has 0 aliphatic carbocycles. The van der Waals surface area contributed by atoms with Gasteiger partial charge in [0.2, 0.25) is 0 Å². The summed E-state index contributed by atoms with van der Waals surface area (Å²) in [4.78, 5) is 0. The number of nitrogens with zero attached hydrogens (tertiary/aromatic N) is 2. The Balaban J connectivity index is 1.93. The predicted octanol–water partition coefficient (Wildman–Crippen LogP) is 9.18. The van der Waals surface area contributed by atoms with Crippen molar-refractivity contribution in [1.82, 2.24) is 4.57 Å². The highest BCUT2D eigenvalue weighted by Crippen LogP contribution is 2.14. The molecule has 0 fully saturated rings. The van der Waals surface area contributed by atoms with Crippen LogP contribution >= 0.6 is 0 Å². The maximum atomic E-state index is 2.54. The van der Waals surface area contributed by atoms with Gasteiger partial charge in [-0.15, -0.1) is 0 Å². The minimum Gasteiger partial charge on any atom is -0.234 e. The molecular formula is C29H57N2+. The first kappa shape index (κ1) is 28.2. The van der Waals surface area contributed by atoms with Crippen molar-refractivity contribution >= 4 is 0 Å². The first-order valence-corrected chi connectivity index (χ1v) is 14.4. The van der Waals surface area contributed by atoms with Crippen LogP contribution in [0.25, 0.3) is 0 Å². The third kappa shape index (κ3) is 14.8. The minimum atomic E-state index is 1.17. The van der Waals surface area contributed by atoms with E-state index < -0.39 is 0 Å². The molecule has 0 aliphatic heterocycles. The van der Waals surface area contributed by atoms with Crippen molar-refractivity contribution in [2.75, 3.05) is 0 Å². The van der Waals surface area contributed by atoms with E-state index in [1.807, 2.05) is 0 Å². The molecule has 1 rings (SSSR count). The van der Waals surface area contributed by atoms with Gasteiger partial charge in [-0.3, -0.25) is 0 Å². The van der Waals surface area contributed by atoms with Crippen molar-refractivity contribution in [3.63, 3.8) is 0 Å². The lowest BCUT2D eigenvalue weighted by Gasteiger charge is -2.05. The molecular weight excluding hydrogens is 376 g/mol. The van der Waals surface area contributed by atoms with E-state index in [4.69, 9.17) is 0 Å². The highest BCUT2D eigenvalue weighted by atomic mass is 15.1. The van der Waals surface area contributed by atoms with E-state index in [-0.39, 0.29) is 0 Å². The average molecular weight is 434 g/mol. The Kier molecular flexibility index (Phi) is 19.2. The highest BCUT2D eigenvalue weighted by Gasteiger charge is 2.15. The van der Waals surface area contributed by atoms with E-state index in [0.29, 0.717) is 0 Å². The monoisotopic (exact) mass is 433 g/mol. The molecule has 0 saturated heterocycles. The van der Waals surface area contributed by atoms with Gasteiger partial charge in [0, 0.05) is 6.42 Å². The van der Waals surface area contributed by atoms with Crippen LogP contribution in [0.15, 0.2) is 12.4 Å². The van der Waals surface area contributed by atoms with Gasteiger partial charge in [-0.2, -0.15) is 0 Å². The van der Waals surface area contributed by atoms with Crippen LogP contribution in [0.3, 0.4) is 0 Å². The van der Waals surface area contributed by atoms with Crippen LogP contribution in [-0.2, 0) is 19.5 Å². The molecule has 2 heteroatoms. The minimum absolute atomic E-state index is 1.17. The fourth-order valence-electron chi connectivity index (χ4n) is 4.78. The van der Waals surface area contributed by atoms with Gasteiger partial charge in [0.15, 0.2) is 0 Å². The van der Waals surface area contributed by atoms with Gasteiger partial charge >= 0.3 is 0 Å². The topological polar surface area (TPSA) is 8.81 Å². The number of imidazole rings is 1.